The summed E-state index contributed by atoms with van der Waals surface area (Å²) in [7, 11) is 0. The summed E-state index contributed by atoms with van der Waals surface area (Å²) in [5, 5.41) is 8.79. The number of carbonyl (C=O) groups excluding carboxylic acids is 1. The van der Waals surface area contributed by atoms with Crippen molar-refractivity contribution in [1.29, 1.82) is 0 Å². The molecule has 2 rings (SSSR count). The molecule has 0 aromatic heterocycles. The smallest absolute Gasteiger partial charge is 0.303 e. The van der Waals surface area contributed by atoms with Gasteiger partial charge in [0, 0.05) is 25.4 Å². The molecular weight excluding hydrogens is 218 g/mol. The second-order valence-electron chi connectivity index (χ2n) is 5.03. The number of piperidine rings is 1. The Labute approximate surface area is 101 Å². The largest absolute Gasteiger partial charge is 0.481 e. The van der Waals surface area contributed by atoms with Gasteiger partial charge in [0.05, 0.1) is 0 Å². The number of carboxylic acid groups (broad SMARTS) is 1. The molecule has 94 valence electrons. The maximum atomic E-state index is 12.2. The van der Waals surface area contributed by atoms with Crippen molar-refractivity contribution in [1.82, 2.24) is 4.90 Å². The summed E-state index contributed by atoms with van der Waals surface area (Å²) < 4.78 is 0. The van der Waals surface area contributed by atoms with Gasteiger partial charge in [-0.15, -0.1) is 0 Å². The molecule has 1 aliphatic heterocycles. The van der Waals surface area contributed by atoms with Gasteiger partial charge in [-0.3, -0.25) is 9.59 Å². The highest BCUT2D eigenvalue weighted by atomic mass is 16.4. The summed E-state index contributed by atoms with van der Waals surface area (Å²) in [4.78, 5) is 24.7. The Kier molecular flexibility index (Phi) is 3.82. The second-order valence-corrected chi connectivity index (χ2v) is 5.03. The number of allylic oxidation sites excluding steroid dienone is 2. The minimum Gasteiger partial charge on any atom is -0.481 e. The van der Waals surface area contributed by atoms with Crippen molar-refractivity contribution in [3.05, 3.63) is 12.2 Å². The van der Waals surface area contributed by atoms with Gasteiger partial charge < -0.3 is 10.0 Å². The molecule has 0 aromatic carbocycles. The molecule has 0 aromatic rings. The lowest BCUT2D eigenvalue weighted by atomic mass is 9.93. The van der Waals surface area contributed by atoms with Crippen LogP contribution in [0.2, 0.25) is 0 Å². The third-order valence-electron chi connectivity index (χ3n) is 3.65. The second kappa shape index (κ2) is 5.34. The fraction of sp³-hybridized carbons (Fsp3) is 0.692. The molecule has 0 bridgehead atoms. The van der Waals surface area contributed by atoms with E-state index in [4.69, 9.17) is 5.11 Å². The van der Waals surface area contributed by atoms with Gasteiger partial charge in [-0.2, -0.15) is 0 Å². The first-order chi connectivity index (χ1) is 8.16. The molecule has 0 saturated carbocycles. The number of hydrogen-bond donors (Lipinski definition) is 1. The molecule has 1 heterocycles. The number of carbonyl (C=O) groups is 2. The van der Waals surface area contributed by atoms with E-state index < -0.39 is 5.97 Å². The van der Waals surface area contributed by atoms with E-state index in [0.29, 0.717) is 6.54 Å². The van der Waals surface area contributed by atoms with E-state index in [1.807, 2.05) is 4.90 Å². The van der Waals surface area contributed by atoms with Crippen molar-refractivity contribution in [2.75, 3.05) is 13.1 Å². The molecule has 17 heavy (non-hydrogen) atoms. The average molecular weight is 237 g/mol. The van der Waals surface area contributed by atoms with E-state index in [9.17, 15) is 9.59 Å². The standard InChI is InChI=1S/C13H19NO3/c15-12(16)8-10-4-3-7-14(9-10)13(17)11-5-1-2-6-11/h1-2,10-11H,3-9H2,(H,15,16). The highest BCUT2D eigenvalue weighted by Gasteiger charge is 2.29. The average Bonchev–Trinajstić information content (AvgIpc) is 2.81. The van der Waals surface area contributed by atoms with Crippen LogP contribution in [0.5, 0.6) is 0 Å². The van der Waals surface area contributed by atoms with Gasteiger partial charge in [0.2, 0.25) is 5.91 Å². The van der Waals surface area contributed by atoms with Crippen LogP contribution in [-0.2, 0) is 9.59 Å². The summed E-state index contributed by atoms with van der Waals surface area (Å²) in [5.41, 5.74) is 0. The number of aliphatic carboxylic acids is 1. The highest BCUT2D eigenvalue weighted by molar-refractivity contribution is 5.79. The monoisotopic (exact) mass is 237 g/mol. The zero-order valence-electron chi connectivity index (χ0n) is 9.97. The van der Waals surface area contributed by atoms with Gasteiger partial charge >= 0.3 is 5.97 Å². The third kappa shape index (κ3) is 3.08. The van der Waals surface area contributed by atoms with Gasteiger partial charge in [-0.1, -0.05) is 12.2 Å². The number of nitrogens with zero attached hydrogens (tertiary/aromatic N) is 1. The predicted octanol–water partition coefficient (Wildman–Crippen LogP) is 1.67. The fourth-order valence-corrected chi connectivity index (χ4v) is 2.76. The molecule has 4 nitrogen and oxygen atoms in total. The van der Waals surface area contributed by atoms with Gasteiger partial charge in [0.1, 0.15) is 0 Å². The van der Waals surface area contributed by atoms with Crippen LogP contribution < -0.4 is 0 Å². The van der Waals surface area contributed by atoms with Crippen molar-refractivity contribution in [3.8, 4) is 0 Å². The number of amides is 1. The van der Waals surface area contributed by atoms with Gasteiger partial charge in [-0.25, -0.2) is 0 Å². The van der Waals surface area contributed by atoms with Gasteiger partial charge in [0.25, 0.3) is 0 Å². The highest BCUT2D eigenvalue weighted by Crippen LogP contribution is 2.25. The van der Waals surface area contributed by atoms with Crippen molar-refractivity contribution >= 4 is 11.9 Å². The van der Waals surface area contributed by atoms with Crippen molar-refractivity contribution in [2.24, 2.45) is 11.8 Å². The Morgan fingerprint density at radius 1 is 1.29 bits per heavy atom. The normalized spacial score (nSPS) is 25.2. The zero-order valence-corrected chi connectivity index (χ0v) is 9.97. The lowest BCUT2D eigenvalue weighted by molar-refractivity contribution is -0.142. The number of hydrogen-bond acceptors (Lipinski definition) is 2. The van der Waals surface area contributed by atoms with Crippen LogP contribution in [0.25, 0.3) is 0 Å². The summed E-state index contributed by atoms with van der Waals surface area (Å²) in [5.74, 6) is -0.296. The molecule has 1 aliphatic carbocycles. The fourth-order valence-electron chi connectivity index (χ4n) is 2.76. The SMILES string of the molecule is O=C(O)CC1CCCN(C(=O)C2CC=CC2)C1. The van der Waals surface area contributed by atoms with E-state index in [1.165, 1.54) is 0 Å². The Balaban J connectivity index is 1.87. The van der Waals surface area contributed by atoms with Crippen molar-refractivity contribution < 1.29 is 14.7 Å². The molecule has 0 radical (unpaired) electrons. The number of likely N-dealkylation sites (tertiary alicyclic amines) is 1. The number of rotatable bonds is 3. The first-order valence-corrected chi connectivity index (χ1v) is 6.32. The van der Waals surface area contributed by atoms with Crippen LogP contribution in [0, 0.1) is 11.8 Å². The van der Waals surface area contributed by atoms with Crippen LogP contribution in [-0.4, -0.2) is 35.0 Å². The summed E-state index contributed by atoms with van der Waals surface area (Å²) in [6, 6.07) is 0. The Hall–Kier alpha value is -1.32. The summed E-state index contributed by atoms with van der Waals surface area (Å²) >= 11 is 0. The molecular formula is C13H19NO3. The minimum absolute atomic E-state index is 0.110. The van der Waals surface area contributed by atoms with Crippen LogP contribution in [0.1, 0.15) is 32.1 Å². The van der Waals surface area contributed by atoms with Crippen molar-refractivity contribution in [2.45, 2.75) is 32.1 Å². The Morgan fingerprint density at radius 3 is 2.65 bits per heavy atom. The molecule has 1 amide bonds. The first kappa shape index (κ1) is 12.1. The Bertz CT molecular complexity index is 330. The number of carboxylic acids is 1. The maximum absolute atomic E-state index is 12.2. The van der Waals surface area contributed by atoms with E-state index in [-0.39, 0.29) is 24.2 Å². The maximum Gasteiger partial charge on any atom is 0.303 e. The van der Waals surface area contributed by atoms with Gasteiger partial charge in [0.15, 0.2) is 0 Å². The lowest BCUT2D eigenvalue weighted by Crippen LogP contribution is -2.43. The molecule has 1 unspecified atom stereocenters. The predicted molar refractivity (Wildman–Crippen MR) is 63.4 cm³/mol. The first-order valence-electron chi connectivity index (χ1n) is 6.32. The van der Waals surface area contributed by atoms with Crippen molar-refractivity contribution in [3.63, 3.8) is 0 Å². The van der Waals surface area contributed by atoms with E-state index in [2.05, 4.69) is 12.2 Å². The molecule has 4 heteroatoms. The van der Waals surface area contributed by atoms with E-state index in [0.717, 1.165) is 32.2 Å². The van der Waals surface area contributed by atoms with Crippen LogP contribution in [0.15, 0.2) is 12.2 Å². The van der Waals surface area contributed by atoms with Crippen LogP contribution >= 0.6 is 0 Å². The van der Waals surface area contributed by atoms with Gasteiger partial charge in [-0.05, 0) is 31.6 Å². The van der Waals surface area contributed by atoms with E-state index >= 15 is 0 Å². The molecule has 2 aliphatic rings. The molecule has 1 saturated heterocycles. The Morgan fingerprint density at radius 2 is 2.00 bits per heavy atom. The zero-order chi connectivity index (χ0) is 12.3. The van der Waals surface area contributed by atoms with Crippen LogP contribution in [0.4, 0.5) is 0 Å². The molecule has 1 fully saturated rings. The topological polar surface area (TPSA) is 57.6 Å². The lowest BCUT2D eigenvalue weighted by Gasteiger charge is -2.33. The third-order valence-corrected chi connectivity index (χ3v) is 3.65. The molecule has 1 atom stereocenters. The minimum atomic E-state index is -0.758. The quantitative estimate of drug-likeness (QED) is 0.759. The van der Waals surface area contributed by atoms with E-state index in [1.54, 1.807) is 0 Å². The summed E-state index contributed by atoms with van der Waals surface area (Å²) in [6.45, 7) is 1.42. The molecule has 0 spiro atoms. The van der Waals surface area contributed by atoms with Crippen LogP contribution in [0.3, 0.4) is 0 Å². The summed E-state index contributed by atoms with van der Waals surface area (Å²) in [6.07, 6.45) is 7.86. The molecule has 1 N–H and O–H groups in total.